The Kier molecular flexibility index (Phi) is 5.60. The van der Waals surface area contributed by atoms with Crippen LogP contribution >= 0.6 is 0 Å². The van der Waals surface area contributed by atoms with Gasteiger partial charge in [0, 0.05) is 37.2 Å². The van der Waals surface area contributed by atoms with E-state index in [1.807, 2.05) is 12.3 Å². The van der Waals surface area contributed by atoms with E-state index < -0.39 is 0 Å². The lowest BCUT2D eigenvalue weighted by Crippen LogP contribution is -2.38. The second-order valence-corrected chi connectivity index (χ2v) is 8.67. The van der Waals surface area contributed by atoms with E-state index in [2.05, 4.69) is 36.0 Å². The Balaban J connectivity index is 1.49. The second-order valence-electron chi connectivity index (χ2n) is 8.67. The van der Waals surface area contributed by atoms with Crippen molar-refractivity contribution in [1.29, 1.82) is 0 Å². The molecule has 0 atom stereocenters. The summed E-state index contributed by atoms with van der Waals surface area (Å²) in [7, 11) is 0. The summed E-state index contributed by atoms with van der Waals surface area (Å²) >= 11 is 0. The summed E-state index contributed by atoms with van der Waals surface area (Å²) in [4.78, 5) is 23.7. The Morgan fingerprint density at radius 1 is 1.20 bits per heavy atom. The average Bonchev–Trinajstić information content (AvgIpc) is 3.08. The van der Waals surface area contributed by atoms with Crippen LogP contribution in [-0.4, -0.2) is 35.0 Å². The van der Waals surface area contributed by atoms with Gasteiger partial charge >= 0.3 is 0 Å². The van der Waals surface area contributed by atoms with Crippen LogP contribution in [0.3, 0.4) is 0 Å². The van der Waals surface area contributed by atoms with Crippen LogP contribution in [0.1, 0.15) is 71.5 Å². The lowest BCUT2D eigenvalue weighted by molar-refractivity contribution is -0.122. The molecule has 1 aliphatic heterocycles. The maximum absolute atomic E-state index is 12.2. The van der Waals surface area contributed by atoms with Gasteiger partial charge < -0.3 is 10.2 Å². The normalized spacial score (nSPS) is 20.0. The van der Waals surface area contributed by atoms with Gasteiger partial charge in [0.2, 0.25) is 5.91 Å². The van der Waals surface area contributed by atoms with Crippen molar-refractivity contribution in [2.75, 3.05) is 18.0 Å². The fourth-order valence-electron chi connectivity index (χ4n) is 3.87. The van der Waals surface area contributed by atoms with Crippen LogP contribution in [0, 0.1) is 5.92 Å². The number of nitrogens with one attached hydrogen (secondary N) is 1. The molecule has 2 fully saturated rings. The summed E-state index contributed by atoms with van der Waals surface area (Å²) in [6.07, 6.45) is 9.52. The number of piperidine rings is 1. The molecule has 1 aromatic rings. The summed E-state index contributed by atoms with van der Waals surface area (Å²) in [5, 5.41) is 3.22. The maximum Gasteiger partial charge on any atom is 0.220 e. The highest BCUT2D eigenvalue weighted by Crippen LogP contribution is 2.26. The molecule has 0 aromatic carbocycles. The molecule has 5 nitrogen and oxygen atoms in total. The van der Waals surface area contributed by atoms with E-state index in [-0.39, 0.29) is 11.3 Å². The van der Waals surface area contributed by atoms with Gasteiger partial charge in [-0.1, -0.05) is 33.6 Å². The minimum atomic E-state index is -0.0351. The fourth-order valence-corrected chi connectivity index (χ4v) is 3.87. The molecule has 1 amide bonds. The van der Waals surface area contributed by atoms with Crippen molar-refractivity contribution in [3.63, 3.8) is 0 Å². The van der Waals surface area contributed by atoms with Crippen molar-refractivity contribution in [1.82, 2.24) is 15.3 Å². The first-order valence-corrected chi connectivity index (χ1v) is 9.79. The van der Waals surface area contributed by atoms with Crippen molar-refractivity contribution in [2.45, 2.75) is 77.2 Å². The predicted octanol–water partition coefficient (Wildman–Crippen LogP) is 3.44. The van der Waals surface area contributed by atoms with Crippen molar-refractivity contribution >= 4 is 11.7 Å². The molecule has 5 heteroatoms. The molecule has 1 saturated heterocycles. The zero-order valence-corrected chi connectivity index (χ0v) is 15.9. The first-order valence-electron chi connectivity index (χ1n) is 9.79. The zero-order chi connectivity index (χ0) is 17.9. The van der Waals surface area contributed by atoms with Crippen LogP contribution in [0.2, 0.25) is 0 Å². The van der Waals surface area contributed by atoms with Gasteiger partial charge in [-0.25, -0.2) is 9.97 Å². The van der Waals surface area contributed by atoms with Gasteiger partial charge in [-0.3, -0.25) is 4.79 Å². The number of hydrogen-bond donors (Lipinski definition) is 1. The van der Waals surface area contributed by atoms with Crippen molar-refractivity contribution in [2.24, 2.45) is 5.92 Å². The van der Waals surface area contributed by atoms with E-state index in [0.717, 1.165) is 50.4 Å². The minimum absolute atomic E-state index is 0.0351. The lowest BCUT2D eigenvalue weighted by atomic mass is 9.93. The minimum Gasteiger partial charge on any atom is -0.356 e. The lowest BCUT2D eigenvalue weighted by Gasteiger charge is -2.33. The number of anilines is 1. The smallest absolute Gasteiger partial charge is 0.220 e. The van der Waals surface area contributed by atoms with Gasteiger partial charge in [0.25, 0.3) is 0 Å². The quantitative estimate of drug-likeness (QED) is 0.909. The third kappa shape index (κ3) is 4.93. The molecule has 2 heterocycles. The molecule has 1 aromatic heterocycles. The van der Waals surface area contributed by atoms with E-state index >= 15 is 0 Å². The van der Waals surface area contributed by atoms with Crippen LogP contribution in [0.5, 0.6) is 0 Å². The summed E-state index contributed by atoms with van der Waals surface area (Å²) in [5.41, 5.74) is -0.0351. The monoisotopic (exact) mass is 344 g/mol. The number of amides is 1. The standard InChI is InChI=1S/C20H32N4O/c1-20(2,3)19-21-11-8-17(23-19)24-12-9-15(10-13-24)14-18(25)22-16-6-4-5-7-16/h8,11,15-16H,4-7,9-10,12-14H2,1-3H3,(H,22,25). The predicted molar refractivity (Wildman–Crippen MR) is 101 cm³/mol. The number of hydrogen-bond acceptors (Lipinski definition) is 4. The molecule has 0 radical (unpaired) electrons. The first kappa shape index (κ1) is 18.2. The second kappa shape index (κ2) is 7.71. The summed E-state index contributed by atoms with van der Waals surface area (Å²) in [6.45, 7) is 8.37. The van der Waals surface area contributed by atoms with E-state index in [1.165, 1.54) is 12.8 Å². The third-order valence-corrected chi connectivity index (χ3v) is 5.44. The van der Waals surface area contributed by atoms with Gasteiger partial charge in [-0.05, 0) is 37.7 Å². The van der Waals surface area contributed by atoms with Gasteiger partial charge in [-0.15, -0.1) is 0 Å². The topological polar surface area (TPSA) is 58.1 Å². The van der Waals surface area contributed by atoms with Crippen LogP contribution < -0.4 is 10.2 Å². The highest BCUT2D eigenvalue weighted by molar-refractivity contribution is 5.76. The van der Waals surface area contributed by atoms with Crippen LogP contribution in [-0.2, 0) is 10.2 Å². The Labute approximate surface area is 151 Å². The molecular weight excluding hydrogens is 312 g/mol. The zero-order valence-electron chi connectivity index (χ0n) is 15.9. The average molecular weight is 345 g/mol. The Hall–Kier alpha value is -1.65. The molecule has 0 bridgehead atoms. The molecule has 3 rings (SSSR count). The summed E-state index contributed by atoms with van der Waals surface area (Å²) in [5.74, 6) is 2.67. The SMILES string of the molecule is CC(C)(C)c1nccc(N2CCC(CC(=O)NC3CCCC3)CC2)n1. The van der Waals surface area contributed by atoms with Crippen LogP contribution in [0.15, 0.2) is 12.3 Å². The molecule has 25 heavy (non-hydrogen) atoms. The Morgan fingerprint density at radius 3 is 2.52 bits per heavy atom. The fraction of sp³-hybridized carbons (Fsp3) is 0.750. The molecule has 0 unspecified atom stereocenters. The first-order chi connectivity index (χ1) is 11.9. The van der Waals surface area contributed by atoms with E-state index in [9.17, 15) is 4.79 Å². The molecule has 1 saturated carbocycles. The van der Waals surface area contributed by atoms with Crippen LogP contribution in [0.4, 0.5) is 5.82 Å². The summed E-state index contributed by atoms with van der Waals surface area (Å²) < 4.78 is 0. The Bertz CT molecular complexity index is 582. The van der Waals surface area contributed by atoms with Crippen molar-refractivity contribution in [3.8, 4) is 0 Å². The number of nitrogens with zero attached hydrogens (tertiary/aromatic N) is 3. The molecule has 2 aliphatic rings. The summed E-state index contributed by atoms with van der Waals surface area (Å²) in [6, 6.07) is 2.44. The van der Waals surface area contributed by atoms with Gasteiger partial charge in [0.15, 0.2) is 0 Å². The third-order valence-electron chi connectivity index (χ3n) is 5.44. The largest absolute Gasteiger partial charge is 0.356 e. The van der Waals surface area contributed by atoms with Crippen LogP contribution in [0.25, 0.3) is 0 Å². The highest BCUT2D eigenvalue weighted by atomic mass is 16.1. The number of carbonyl (C=O) groups is 1. The molecule has 0 spiro atoms. The van der Waals surface area contributed by atoms with Gasteiger partial charge in [0.1, 0.15) is 11.6 Å². The maximum atomic E-state index is 12.2. The number of carbonyl (C=O) groups excluding carboxylic acids is 1. The van der Waals surface area contributed by atoms with Gasteiger partial charge in [-0.2, -0.15) is 0 Å². The Morgan fingerprint density at radius 2 is 1.88 bits per heavy atom. The number of aromatic nitrogens is 2. The van der Waals surface area contributed by atoms with Crippen molar-refractivity contribution in [3.05, 3.63) is 18.1 Å². The van der Waals surface area contributed by atoms with Gasteiger partial charge in [0.05, 0.1) is 0 Å². The molecular formula is C20H32N4O. The highest BCUT2D eigenvalue weighted by Gasteiger charge is 2.25. The van der Waals surface area contributed by atoms with Crippen molar-refractivity contribution < 1.29 is 4.79 Å². The molecule has 138 valence electrons. The molecule has 1 N–H and O–H groups in total. The molecule has 1 aliphatic carbocycles. The van der Waals surface area contributed by atoms with E-state index in [4.69, 9.17) is 4.98 Å². The number of rotatable bonds is 4. The van der Waals surface area contributed by atoms with E-state index in [0.29, 0.717) is 18.4 Å². The van der Waals surface area contributed by atoms with E-state index in [1.54, 1.807) is 0 Å².